The highest BCUT2D eigenvalue weighted by Crippen LogP contribution is 2.29. The van der Waals surface area contributed by atoms with E-state index in [0.29, 0.717) is 22.2 Å². The van der Waals surface area contributed by atoms with Crippen LogP contribution in [0.1, 0.15) is 19.4 Å². The Balaban J connectivity index is 1.87. The third-order valence-electron chi connectivity index (χ3n) is 3.60. The molecular weight excluding hydrogens is 361 g/mol. The number of carbonyl (C=O) groups is 1. The van der Waals surface area contributed by atoms with Crippen LogP contribution in [0.25, 0.3) is 10.6 Å². The zero-order valence-electron chi connectivity index (χ0n) is 15.0. The van der Waals surface area contributed by atoms with E-state index < -0.39 is 0 Å². The lowest BCUT2D eigenvalue weighted by Crippen LogP contribution is -2.33. The molecule has 1 aromatic heterocycles. The van der Waals surface area contributed by atoms with Crippen LogP contribution in [0.4, 0.5) is 9.52 Å². The van der Waals surface area contributed by atoms with Gasteiger partial charge in [0, 0.05) is 23.6 Å². The van der Waals surface area contributed by atoms with E-state index in [0.717, 1.165) is 5.56 Å². The fraction of sp³-hybridized carbons (Fsp3) is 0.190. The predicted molar refractivity (Wildman–Crippen MR) is 106 cm³/mol. The van der Waals surface area contributed by atoms with Gasteiger partial charge in [0.15, 0.2) is 0 Å². The molecule has 0 aliphatic rings. The van der Waals surface area contributed by atoms with Crippen molar-refractivity contribution in [3.05, 3.63) is 66.0 Å². The van der Waals surface area contributed by atoms with Gasteiger partial charge in [0.25, 0.3) is 0 Å². The first-order chi connectivity index (χ1) is 13.0. The second-order valence-corrected chi connectivity index (χ2v) is 7.28. The third-order valence-corrected chi connectivity index (χ3v) is 4.59. The highest BCUT2D eigenvalue weighted by molar-refractivity contribution is 7.18. The summed E-state index contributed by atoms with van der Waals surface area (Å²) >= 11 is 1.24. The number of amides is 1. The van der Waals surface area contributed by atoms with Crippen molar-refractivity contribution in [1.29, 1.82) is 0 Å². The van der Waals surface area contributed by atoms with Gasteiger partial charge in [-0.1, -0.05) is 61.4 Å². The molecule has 0 atom stereocenters. The molecule has 0 spiro atoms. The number of carbonyl (C=O) groups excluding carboxylic acids is 1. The normalized spacial score (nSPS) is 10.4. The Kier molecular flexibility index (Phi) is 5.94. The smallest absolute Gasteiger partial charge is 0.275 e. The van der Waals surface area contributed by atoms with Gasteiger partial charge in [0.05, 0.1) is 0 Å². The summed E-state index contributed by atoms with van der Waals surface area (Å²) in [5.41, 5.74) is 1.40. The number of anilines is 1. The zero-order chi connectivity index (χ0) is 19.2. The van der Waals surface area contributed by atoms with Crippen molar-refractivity contribution in [2.75, 3.05) is 11.4 Å². The van der Waals surface area contributed by atoms with Crippen LogP contribution >= 0.6 is 11.3 Å². The fourth-order valence-electron chi connectivity index (χ4n) is 2.39. The standard InChI is InChI=1S/C21H18FN3OS/c1-15(2)14-25(19(26)12-11-16-7-4-3-5-8-16)21-24-23-20(27-21)17-9-6-10-18(22)13-17/h3-10,13,15H,14H2,1-2H3. The average Bonchev–Trinajstić information content (AvgIpc) is 3.15. The molecule has 0 saturated carbocycles. The van der Waals surface area contributed by atoms with Gasteiger partial charge in [-0.25, -0.2) is 4.39 Å². The van der Waals surface area contributed by atoms with Crippen molar-refractivity contribution in [2.24, 2.45) is 5.92 Å². The molecule has 0 unspecified atom stereocenters. The number of hydrogen-bond donors (Lipinski definition) is 0. The molecule has 3 aromatic rings. The molecule has 27 heavy (non-hydrogen) atoms. The molecule has 0 bridgehead atoms. The Morgan fingerprint density at radius 1 is 1.15 bits per heavy atom. The summed E-state index contributed by atoms with van der Waals surface area (Å²) in [5, 5.41) is 9.26. The maximum atomic E-state index is 13.5. The predicted octanol–water partition coefficient (Wildman–Crippen LogP) is 4.38. The summed E-state index contributed by atoms with van der Waals surface area (Å²) in [4.78, 5) is 14.2. The van der Waals surface area contributed by atoms with Crippen molar-refractivity contribution < 1.29 is 9.18 Å². The Morgan fingerprint density at radius 3 is 2.63 bits per heavy atom. The Bertz CT molecular complexity index is 989. The minimum atomic E-state index is -0.340. The molecule has 0 fully saturated rings. The Labute approximate surface area is 161 Å². The van der Waals surface area contributed by atoms with Crippen molar-refractivity contribution >= 4 is 22.4 Å². The van der Waals surface area contributed by atoms with Crippen molar-refractivity contribution in [3.8, 4) is 22.4 Å². The van der Waals surface area contributed by atoms with Crippen LogP contribution < -0.4 is 4.90 Å². The molecule has 0 N–H and O–H groups in total. The van der Waals surface area contributed by atoms with Crippen LogP contribution in [0.3, 0.4) is 0 Å². The Hall–Kier alpha value is -3.04. The first-order valence-corrected chi connectivity index (χ1v) is 9.32. The van der Waals surface area contributed by atoms with Gasteiger partial charge < -0.3 is 0 Å². The fourth-order valence-corrected chi connectivity index (χ4v) is 3.24. The molecule has 2 aromatic carbocycles. The van der Waals surface area contributed by atoms with Gasteiger partial charge >= 0.3 is 5.91 Å². The molecule has 0 aliphatic heterocycles. The largest absolute Gasteiger partial charge is 0.305 e. The molecule has 136 valence electrons. The summed E-state index contributed by atoms with van der Waals surface area (Å²) in [6.07, 6.45) is 0. The van der Waals surface area contributed by atoms with Crippen LogP contribution in [0.5, 0.6) is 0 Å². The van der Waals surface area contributed by atoms with Crippen molar-refractivity contribution in [2.45, 2.75) is 13.8 Å². The van der Waals surface area contributed by atoms with E-state index in [4.69, 9.17) is 0 Å². The number of aromatic nitrogens is 2. The number of rotatable bonds is 4. The van der Waals surface area contributed by atoms with Crippen molar-refractivity contribution in [1.82, 2.24) is 10.2 Å². The van der Waals surface area contributed by atoms with E-state index in [1.807, 2.05) is 44.2 Å². The summed E-state index contributed by atoms with van der Waals surface area (Å²) < 4.78 is 13.5. The van der Waals surface area contributed by atoms with Gasteiger partial charge in [-0.15, -0.1) is 10.2 Å². The lowest BCUT2D eigenvalue weighted by Gasteiger charge is -2.18. The SMILES string of the molecule is CC(C)CN(C(=O)C#Cc1ccccc1)c1nnc(-c2cccc(F)c2)s1. The second kappa shape index (κ2) is 8.56. The summed E-state index contributed by atoms with van der Waals surface area (Å²) in [6, 6.07) is 15.5. The van der Waals surface area contributed by atoms with Crippen LogP contribution in [-0.4, -0.2) is 22.6 Å². The number of hydrogen-bond acceptors (Lipinski definition) is 4. The van der Waals surface area contributed by atoms with Crippen LogP contribution in [0, 0.1) is 23.6 Å². The maximum absolute atomic E-state index is 13.5. The summed E-state index contributed by atoms with van der Waals surface area (Å²) in [7, 11) is 0. The van der Waals surface area contributed by atoms with E-state index in [1.54, 1.807) is 12.1 Å². The number of benzene rings is 2. The summed E-state index contributed by atoms with van der Waals surface area (Å²) in [6.45, 7) is 4.50. The van der Waals surface area contributed by atoms with Crippen molar-refractivity contribution in [3.63, 3.8) is 0 Å². The molecular formula is C21H18FN3OS. The van der Waals surface area contributed by atoms with E-state index in [1.165, 1.54) is 28.4 Å². The molecule has 1 heterocycles. The zero-order valence-corrected chi connectivity index (χ0v) is 15.8. The van der Waals surface area contributed by atoms with E-state index in [2.05, 4.69) is 22.0 Å². The molecule has 1 amide bonds. The second-order valence-electron chi connectivity index (χ2n) is 6.33. The Morgan fingerprint density at radius 2 is 1.93 bits per heavy atom. The lowest BCUT2D eigenvalue weighted by atomic mass is 10.2. The molecule has 3 rings (SSSR count). The van der Waals surface area contributed by atoms with Gasteiger partial charge in [0.1, 0.15) is 10.8 Å². The third kappa shape index (κ3) is 4.99. The highest BCUT2D eigenvalue weighted by atomic mass is 32.1. The number of halogens is 1. The van der Waals surface area contributed by atoms with Crippen LogP contribution in [0.2, 0.25) is 0 Å². The van der Waals surface area contributed by atoms with Gasteiger partial charge in [-0.3, -0.25) is 9.69 Å². The minimum Gasteiger partial charge on any atom is -0.275 e. The molecule has 0 aliphatic carbocycles. The van der Waals surface area contributed by atoms with Gasteiger partial charge in [-0.2, -0.15) is 0 Å². The quantitative estimate of drug-likeness (QED) is 0.632. The highest BCUT2D eigenvalue weighted by Gasteiger charge is 2.20. The topological polar surface area (TPSA) is 46.1 Å². The number of nitrogens with zero attached hydrogens (tertiary/aromatic N) is 3. The molecule has 6 heteroatoms. The minimum absolute atomic E-state index is 0.231. The summed E-state index contributed by atoms with van der Waals surface area (Å²) in [5.74, 6) is 5.11. The molecule has 0 radical (unpaired) electrons. The lowest BCUT2D eigenvalue weighted by molar-refractivity contribution is -0.113. The van der Waals surface area contributed by atoms with E-state index in [-0.39, 0.29) is 17.6 Å². The average molecular weight is 379 g/mol. The van der Waals surface area contributed by atoms with Gasteiger partial charge in [-0.05, 0) is 30.2 Å². The van der Waals surface area contributed by atoms with E-state index >= 15 is 0 Å². The first-order valence-electron chi connectivity index (χ1n) is 8.51. The first kappa shape index (κ1) is 18.7. The molecule has 0 saturated heterocycles. The van der Waals surface area contributed by atoms with Crippen LogP contribution in [-0.2, 0) is 4.79 Å². The monoisotopic (exact) mass is 379 g/mol. The molecule has 4 nitrogen and oxygen atoms in total. The maximum Gasteiger partial charge on any atom is 0.305 e. The van der Waals surface area contributed by atoms with E-state index in [9.17, 15) is 9.18 Å². The van der Waals surface area contributed by atoms with Gasteiger partial charge in [0.2, 0.25) is 5.13 Å². The van der Waals surface area contributed by atoms with Crippen LogP contribution in [0.15, 0.2) is 54.6 Å².